The maximum atomic E-state index is 10.9. The molecule has 1 nitrogen and oxygen atoms in total. The summed E-state index contributed by atoms with van der Waals surface area (Å²) in [4.78, 5) is 10.9. The molecule has 0 aliphatic carbocycles. The minimum atomic E-state index is -1.87. The van der Waals surface area contributed by atoms with E-state index in [1.165, 1.54) is 15.9 Å². The van der Waals surface area contributed by atoms with Crippen LogP contribution >= 0.6 is 6.89 Å². The van der Waals surface area contributed by atoms with Crippen molar-refractivity contribution in [2.75, 3.05) is 0 Å². The van der Waals surface area contributed by atoms with Gasteiger partial charge in [0.25, 0.3) is 0 Å². The Labute approximate surface area is 144 Å². The molecular weight excluding hydrogens is 311 g/mol. The van der Waals surface area contributed by atoms with Gasteiger partial charge in [-0.15, -0.1) is 0 Å². The molecule has 0 spiro atoms. The van der Waals surface area contributed by atoms with Gasteiger partial charge in [-0.05, 0) is 29.2 Å². The molecule has 0 unspecified atom stereocenters. The maximum Gasteiger partial charge on any atom is 0.120 e. The summed E-state index contributed by atoms with van der Waals surface area (Å²) in [5, 5.41) is 3.98. The predicted octanol–water partition coefficient (Wildman–Crippen LogP) is 3.76. The number of aldehydes is 1. The van der Waals surface area contributed by atoms with Gasteiger partial charge in [0, 0.05) is 6.42 Å². The zero-order valence-corrected chi connectivity index (χ0v) is 14.5. The fraction of sp³-hybridized carbons (Fsp3) is 0.0909. The van der Waals surface area contributed by atoms with Gasteiger partial charge in [0.2, 0.25) is 0 Å². The molecule has 0 amide bonds. The zero-order valence-electron chi connectivity index (χ0n) is 13.6. The van der Waals surface area contributed by atoms with Gasteiger partial charge in [-0.2, -0.15) is 0 Å². The summed E-state index contributed by atoms with van der Waals surface area (Å²) in [7, 11) is 0. The lowest BCUT2D eigenvalue weighted by molar-refractivity contribution is -0.107. The summed E-state index contributed by atoms with van der Waals surface area (Å²) in [6.07, 6.45) is 2.36. The van der Waals surface area contributed by atoms with Crippen LogP contribution in [0.15, 0.2) is 91.0 Å². The van der Waals surface area contributed by atoms with Crippen LogP contribution in [0.1, 0.15) is 12.8 Å². The van der Waals surface area contributed by atoms with Gasteiger partial charge in [0.05, 0.1) is 0 Å². The number of hydrogen-bond acceptors (Lipinski definition) is 1. The first-order valence-electron chi connectivity index (χ1n) is 8.21. The number of carbonyl (C=O) groups excluding carboxylic acids is 1. The zero-order chi connectivity index (χ0) is 16.7. The molecule has 0 radical (unpaired) electrons. The molecule has 3 aromatic rings. The van der Waals surface area contributed by atoms with Crippen molar-refractivity contribution in [1.82, 2.24) is 0 Å². The van der Waals surface area contributed by atoms with E-state index in [0.29, 0.717) is 6.42 Å². The van der Waals surface area contributed by atoms with Crippen molar-refractivity contribution in [3.05, 3.63) is 91.0 Å². The molecule has 0 aliphatic heterocycles. The molecule has 3 rings (SSSR count). The highest BCUT2D eigenvalue weighted by Crippen LogP contribution is 2.43. The standard InChI is InChI=1S/C22H21OP/c23-18-10-11-19-24(20-12-4-1-5-13-20,21-14-6-2-7-15-21)22-16-8-3-9-17-22/h1-9,12-19H,10-11H2. The van der Waals surface area contributed by atoms with Crippen molar-refractivity contribution in [2.24, 2.45) is 0 Å². The number of rotatable bonds is 6. The average molecular weight is 332 g/mol. The van der Waals surface area contributed by atoms with E-state index in [-0.39, 0.29) is 0 Å². The van der Waals surface area contributed by atoms with E-state index in [4.69, 9.17) is 0 Å². The van der Waals surface area contributed by atoms with Gasteiger partial charge >= 0.3 is 0 Å². The largest absolute Gasteiger partial charge is 0.303 e. The summed E-state index contributed by atoms with van der Waals surface area (Å²) >= 11 is 0. The fourth-order valence-electron chi connectivity index (χ4n) is 3.09. The number of carbonyl (C=O) groups is 1. The fourth-order valence-corrected chi connectivity index (χ4v) is 7.08. The molecule has 0 bridgehead atoms. The molecule has 0 fully saturated rings. The Morgan fingerprint density at radius 2 is 0.958 bits per heavy atom. The average Bonchev–Trinajstić information content (AvgIpc) is 2.68. The molecular formula is C22H21OP. The van der Waals surface area contributed by atoms with Crippen molar-refractivity contribution in [1.29, 1.82) is 0 Å². The lowest BCUT2D eigenvalue weighted by atomic mass is 10.3. The highest BCUT2D eigenvalue weighted by molar-refractivity contribution is 7.94. The maximum absolute atomic E-state index is 10.9. The number of unbranched alkanes of at least 4 members (excludes halogenated alkanes) is 1. The third kappa shape index (κ3) is 3.27. The number of benzene rings is 3. The van der Waals surface area contributed by atoms with Gasteiger partial charge in [-0.25, -0.2) is 0 Å². The molecule has 24 heavy (non-hydrogen) atoms. The van der Waals surface area contributed by atoms with Crippen molar-refractivity contribution in [3.8, 4) is 0 Å². The van der Waals surface area contributed by atoms with Crippen molar-refractivity contribution in [2.45, 2.75) is 12.8 Å². The minimum Gasteiger partial charge on any atom is -0.303 e. The summed E-state index contributed by atoms with van der Waals surface area (Å²) in [6.45, 7) is -1.87. The Hall–Kier alpha value is -2.37. The Kier molecular flexibility index (Phi) is 5.46. The van der Waals surface area contributed by atoms with E-state index in [2.05, 4.69) is 96.8 Å². The van der Waals surface area contributed by atoms with Crippen LogP contribution in [-0.4, -0.2) is 12.1 Å². The predicted molar refractivity (Wildman–Crippen MR) is 107 cm³/mol. The normalized spacial score (nSPS) is 11.0. The highest BCUT2D eigenvalue weighted by atomic mass is 31.2. The van der Waals surface area contributed by atoms with Crippen LogP contribution in [0.25, 0.3) is 0 Å². The Morgan fingerprint density at radius 3 is 1.29 bits per heavy atom. The Morgan fingerprint density at radius 1 is 0.583 bits per heavy atom. The second-order valence-corrected chi connectivity index (χ2v) is 9.02. The SMILES string of the molecule is O=CCCC=P(c1ccccc1)(c1ccccc1)c1ccccc1. The summed E-state index contributed by atoms with van der Waals surface area (Å²) in [5.74, 6) is 2.39. The van der Waals surface area contributed by atoms with Crippen LogP contribution < -0.4 is 15.9 Å². The van der Waals surface area contributed by atoms with Gasteiger partial charge < -0.3 is 4.79 Å². The first kappa shape index (κ1) is 16.5. The minimum absolute atomic E-state index is 0.564. The second kappa shape index (κ2) is 7.95. The van der Waals surface area contributed by atoms with E-state index in [9.17, 15) is 4.79 Å². The third-order valence-corrected chi connectivity index (χ3v) is 8.32. The molecule has 0 saturated heterocycles. The Balaban J connectivity index is 2.33. The van der Waals surface area contributed by atoms with Crippen LogP contribution in [0.3, 0.4) is 0 Å². The molecule has 2 heteroatoms. The van der Waals surface area contributed by atoms with Crippen molar-refractivity contribution in [3.63, 3.8) is 0 Å². The van der Waals surface area contributed by atoms with Gasteiger partial charge in [0.15, 0.2) is 0 Å². The van der Waals surface area contributed by atoms with Crippen molar-refractivity contribution >= 4 is 34.9 Å². The van der Waals surface area contributed by atoms with E-state index in [1.807, 2.05) is 0 Å². The second-order valence-electron chi connectivity index (χ2n) is 5.66. The van der Waals surface area contributed by atoms with Gasteiger partial charge in [-0.3, -0.25) is 0 Å². The van der Waals surface area contributed by atoms with Crippen LogP contribution in [0.4, 0.5) is 0 Å². The molecule has 0 aromatic heterocycles. The molecule has 0 N–H and O–H groups in total. The third-order valence-electron chi connectivity index (χ3n) is 4.18. The summed E-state index contributed by atoms with van der Waals surface area (Å²) in [5.41, 5.74) is 0. The topological polar surface area (TPSA) is 17.1 Å². The van der Waals surface area contributed by atoms with Crippen LogP contribution in [0.5, 0.6) is 0 Å². The lowest BCUT2D eigenvalue weighted by Gasteiger charge is -2.28. The molecule has 0 atom stereocenters. The first-order valence-corrected chi connectivity index (χ1v) is 10.1. The summed E-state index contributed by atoms with van der Waals surface area (Å²) < 4.78 is 0. The van der Waals surface area contributed by atoms with Crippen LogP contribution in [0.2, 0.25) is 0 Å². The van der Waals surface area contributed by atoms with Crippen LogP contribution in [0, 0.1) is 0 Å². The molecule has 0 aliphatic rings. The van der Waals surface area contributed by atoms with Gasteiger partial charge in [-0.1, -0.05) is 96.8 Å². The lowest BCUT2D eigenvalue weighted by Crippen LogP contribution is -2.27. The van der Waals surface area contributed by atoms with E-state index < -0.39 is 6.89 Å². The molecule has 120 valence electrons. The van der Waals surface area contributed by atoms with E-state index in [0.717, 1.165) is 12.7 Å². The van der Waals surface area contributed by atoms with Crippen molar-refractivity contribution < 1.29 is 4.79 Å². The molecule has 3 aromatic carbocycles. The quantitative estimate of drug-likeness (QED) is 0.382. The smallest absolute Gasteiger partial charge is 0.120 e. The highest BCUT2D eigenvalue weighted by Gasteiger charge is 2.23. The van der Waals surface area contributed by atoms with Crippen LogP contribution in [-0.2, 0) is 4.79 Å². The first-order chi connectivity index (χ1) is 11.9. The summed E-state index contributed by atoms with van der Waals surface area (Å²) in [6, 6.07) is 32.1. The monoisotopic (exact) mass is 332 g/mol. The van der Waals surface area contributed by atoms with E-state index >= 15 is 0 Å². The molecule has 0 saturated carbocycles. The number of hydrogen-bond donors (Lipinski definition) is 0. The van der Waals surface area contributed by atoms with Gasteiger partial charge in [0.1, 0.15) is 6.29 Å². The Bertz CT molecular complexity index is 720. The molecule has 0 heterocycles. The van der Waals surface area contributed by atoms with E-state index in [1.54, 1.807) is 0 Å².